The Kier molecular flexibility index (Phi) is 6.64. The maximum absolute atomic E-state index is 12.5. The standard InChI is InChI=1S/C19H29N3O2/c1-4-15-7-5-9-17(11-15)21-19(24)22-10-6-8-16(13-22)12-20-18(23)14(2)3/h5,7,9,11,14,16H,4,6,8,10,12-13H2,1-3H3,(H,20,23)(H,21,24)/t16-/m1/s1. The Labute approximate surface area is 144 Å². The molecule has 5 heteroatoms. The summed E-state index contributed by atoms with van der Waals surface area (Å²) in [6.45, 7) is 7.99. The van der Waals surface area contributed by atoms with Gasteiger partial charge in [0.2, 0.25) is 5.91 Å². The molecule has 0 saturated carbocycles. The Morgan fingerprint density at radius 2 is 2.12 bits per heavy atom. The second kappa shape index (κ2) is 8.71. The van der Waals surface area contributed by atoms with E-state index in [4.69, 9.17) is 0 Å². The smallest absolute Gasteiger partial charge is 0.321 e. The van der Waals surface area contributed by atoms with Crippen LogP contribution in [0.2, 0.25) is 0 Å². The van der Waals surface area contributed by atoms with Crippen LogP contribution < -0.4 is 10.6 Å². The second-order valence-electron chi connectivity index (χ2n) is 6.84. The first kappa shape index (κ1) is 18.3. The lowest BCUT2D eigenvalue weighted by Gasteiger charge is -2.33. The van der Waals surface area contributed by atoms with Gasteiger partial charge in [-0.15, -0.1) is 0 Å². The van der Waals surface area contributed by atoms with Crippen molar-refractivity contribution in [1.29, 1.82) is 0 Å². The zero-order valence-electron chi connectivity index (χ0n) is 15.0. The van der Waals surface area contributed by atoms with E-state index in [1.807, 2.05) is 36.9 Å². The highest BCUT2D eigenvalue weighted by Crippen LogP contribution is 2.18. The molecular weight excluding hydrogens is 302 g/mol. The van der Waals surface area contributed by atoms with Crippen molar-refractivity contribution < 1.29 is 9.59 Å². The predicted molar refractivity (Wildman–Crippen MR) is 97.0 cm³/mol. The third-order valence-corrected chi connectivity index (χ3v) is 4.48. The molecule has 1 saturated heterocycles. The van der Waals surface area contributed by atoms with E-state index in [1.54, 1.807) is 0 Å². The summed E-state index contributed by atoms with van der Waals surface area (Å²) in [4.78, 5) is 26.0. The van der Waals surface area contributed by atoms with Crippen LogP contribution >= 0.6 is 0 Å². The minimum absolute atomic E-state index is 0.00108. The number of likely N-dealkylation sites (tertiary alicyclic amines) is 1. The summed E-state index contributed by atoms with van der Waals surface area (Å²) in [5.41, 5.74) is 2.05. The summed E-state index contributed by atoms with van der Waals surface area (Å²) >= 11 is 0. The molecule has 0 aliphatic carbocycles. The average molecular weight is 331 g/mol. The van der Waals surface area contributed by atoms with Crippen molar-refractivity contribution in [1.82, 2.24) is 10.2 Å². The number of carbonyl (C=O) groups is 2. The lowest BCUT2D eigenvalue weighted by Crippen LogP contribution is -2.45. The SMILES string of the molecule is CCc1cccc(NC(=O)N2CCC[C@H](CNC(=O)C(C)C)C2)c1. The first-order chi connectivity index (χ1) is 11.5. The van der Waals surface area contributed by atoms with Crippen molar-refractivity contribution in [3.05, 3.63) is 29.8 Å². The molecule has 0 radical (unpaired) electrons. The number of rotatable bonds is 5. The normalized spacial score (nSPS) is 17.7. The lowest BCUT2D eigenvalue weighted by atomic mass is 9.98. The van der Waals surface area contributed by atoms with Crippen molar-refractivity contribution in [3.8, 4) is 0 Å². The van der Waals surface area contributed by atoms with Gasteiger partial charge < -0.3 is 15.5 Å². The fourth-order valence-corrected chi connectivity index (χ4v) is 2.94. The highest BCUT2D eigenvalue weighted by atomic mass is 16.2. The molecule has 1 aliphatic rings. The molecule has 2 rings (SSSR count). The fraction of sp³-hybridized carbons (Fsp3) is 0.579. The van der Waals surface area contributed by atoms with Crippen molar-refractivity contribution in [2.75, 3.05) is 25.0 Å². The van der Waals surface area contributed by atoms with Gasteiger partial charge in [0.1, 0.15) is 0 Å². The largest absolute Gasteiger partial charge is 0.356 e. The molecule has 1 atom stereocenters. The lowest BCUT2D eigenvalue weighted by molar-refractivity contribution is -0.124. The van der Waals surface area contributed by atoms with Crippen LogP contribution in [0.4, 0.5) is 10.5 Å². The van der Waals surface area contributed by atoms with Crippen LogP contribution in [-0.2, 0) is 11.2 Å². The third-order valence-electron chi connectivity index (χ3n) is 4.48. The summed E-state index contributed by atoms with van der Waals surface area (Å²) in [6.07, 6.45) is 2.98. The molecule has 1 aromatic rings. The number of hydrogen-bond donors (Lipinski definition) is 2. The summed E-state index contributed by atoms with van der Waals surface area (Å²) in [7, 11) is 0. The highest BCUT2D eigenvalue weighted by Gasteiger charge is 2.24. The van der Waals surface area contributed by atoms with Gasteiger partial charge in [-0.05, 0) is 42.9 Å². The fourth-order valence-electron chi connectivity index (χ4n) is 2.94. The quantitative estimate of drug-likeness (QED) is 0.870. The summed E-state index contributed by atoms with van der Waals surface area (Å²) < 4.78 is 0. The number of hydrogen-bond acceptors (Lipinski definition) is 2. The zero-order chi connectivity index (χ0) is 17.5. The zero-order valence-corrected chi connectivity index (χ0v) is 15.0. The summed E-state index contributed by atoms with van der Waals surface area (Å²) in [5.74, 6) is 0.404. The first-order valence-corrected chi connectivity index (χ1v) is 8.92. The molecule has 1 aromatic carbocycles. The van der Waals surface area contributed by atoms with Crippen molar-refractivity contribution in [2.24, 2.45) is 11.8 Å². The van der Waals surface area contributed by atoms with Gasteiger partial charge in [-0.1, -0.05) is 32.9 Å². The van der Waals surface area contributed by atoms with E-state index in [0.29, 0.717) is 19.0 Å². The molecule has 132 valence electrons. The number of nitrogens with zero attached hydrogens (tertiary/aromatic N) is 1. The van der Waals surface area contributed by atoms with Crippen LogP contribution in [0.1, 0.15) is 39.2 Å². The molecule has 0 aromatic heterocycles. The molecule has 0 spiro atoms. The summed E-state index contributed by atoms with van der Waals surface area (Å²) in [5, 5.41) is 5.97. The van der Waals surface area contributed by atoms with Crippen LogP contribution in [0.15, 0.2) is 24.3 Å². The highest BCUT2D eigenvalue weighted by molar-refractivity contribution is 5.89. The van der Waals surface area contributed by atoms with Gasteiger partial charge in [0, 0.05) is 31.2 Å². The number of carbonyl (C=O) groups excluding carboxylic acids is 2. The number of nitrogens with one attached hydrogen (secondary N) is 2. The minimum Gasteiger partial charge on any atom is -0.356 e. The van der Waals surface area contributed by atoms with Crippen LogP contribution in [-0.4, -0.2) is 36.5 Å². The summed E-state index contributed by atoms with van der Waals surface area (Å²) in [6, 6.07) is 7.91. The van der Waals surface area contributed by atoms with Gasteiger partial charge in [-0.25, -0.2) is 4.79 Å². The number of anilines is 1. The maximum atomic E-state index is 12.5. The number of benzene rings is 1. The van der Waals surface area contributed by atoms with Gasteiger partial charge in [-0.2, -0.15) is 0 Å². The van der Waals surface area contributed by atoms with Crippen molar-refractivity contribution in [2.45, 2.75) is 40.0 Å². The number of aryl methyl sites for hydroxylation is 1. The Bertz CT molecular complexity index is 571. The topological polar surface area (TPSA) is 61.4 Å². The molecule has 1 fully saturated rings. The number of piperidine rings is 1. The molecule has 1 aliphatic heterocycles. The molecule has 0 unspecified atom stereocenters. The monoisotopic (exact) mass is 331 g/mol. The maximum Gasteiger partial charge on any atom is 0.321 e. The van der Waals surface area contributed by atoms with E-state index in [2.05, 4.69) is 23.6 Å². The molecule has 1 heterocycles. The minimum atomic E-state index is -0.0526. The molecule has 2 N–H and O–H groups in total. The van der Waals surface area contributed by atoms with E-state index in [-0.39, 0.29) is 17.9 Å². The van der Waals surface area contributed by atoms with Gasteiger partial charge in [0.25, 0.3) is 0 Å². The van der Waals surface area contributed by atoms with Crippen molar-refractivity contribution >= 4 is 17.6 Å². The van der Waals surface area contributed by atoms with Gasteiger partial charge >= 0.3 is 6.03 Å². The van der Waals surface area contributed by atoms with Crippen LogP contribution in [0.25, 0.3) is 0 Å². The number of urea groups is 1. The van der Waals surface area contributed by atoms with E-state index in [1.165, 1.54) is 5.56 Å². The van der Waals surface area contributed by atoms with E-state index < -0.39 is 0 Å². The third kappa shape index (κ3) is 5.25. The molecule has 0 bridgehead atoms. The average Bonchev–Trinajstić information content (AvgIpc) is 2.59. The first-order valence-electron chi connectivity index (χ1n) is 8.92. The Morgan fingerprint density at radius 1 is 1.33 bits per heavy atom. The molecular formula is C19H29N3O2. The van der Waals surface area contributed by atoms with E-state index >= 15 is 0 Å². The van der Waals surface area contributed by atoms with Crippen LogP contribution in [0.5, 0.6) is 0 Å². The second-order valence-corrected chi connectivity index (χ2v) is 6.84. The van der Waals surface area contributed by atoms with Crippen molar-refractivity contribution in [3.63, 3.8) is 0 Å². The Morgan fingerprint density at radius 3 is 2.83 bits per heavy atom. The van der Waals surface area contributed by atoms with Gasteiger partial charge in [-0.3, -0.25) is 4.79 Å². The Balaban J connectivity index is 1.86. The molecule has 3 amide bonds. The van der Waals surface area contributed by atoms with Gasteiger partial charge in [0.05, 0.1) is 0 Å². The van der Waals surface area contributed by atoms with Crippen LogP contribution in [0.3, 0.4) is 0 Å². The van der Waals surface area contributed by atoms with E-state index in [0.717, 1.165) is 31.5 Å². The predicted octanol–water partition coefficient (Wildman–Crippen LogP) is 3.27. The molecule has 24 heavy (non-hydrogen) atoms. The van der Waals surface area contributed by atoms with Gasteiger partial charge in [0.15, 0.2) is 0 Å². The van der Waals surface area contributed by atoms with Crippen LogP contribution in [0, 0.1) is 11.8 Å². The number of amides is 3. The Hall–Kier alpha value is -2.04. The molecule has 5 nitrogen and oxygen atoms in total. The van der Waals surface area contributed by atoms with E-state index in [9.17, 15) is 9.59 Å².